The Hall–Kier alpha value is -0.251. The van der Waals surface area contributed by atoms with Crippen LogP contribution in [0.4, 0.5) is 0 Å². The Morgan fingerprint density at radius 3 is 2.29 bits per heavy atom. The van der Waals surface area contributed by atoms with Gasteiger partial charge in [0, 0.05) is 0 Å². The van der Waals surface area contributed by atoms with Crippen LogP contribution >= 0.6 is 0 Å². The van der Waals surface area contributed by atoms with Gasteiger partial charge in [-0.2, -0.15) is 0 Å². The Balaban J connectivity index is 0. The number of carboxylic acids is 1. The van der Waals surface area contributed by atoms with Gasteiger partial charge in [-0.05, 0) is 0 Å². The molecule has 0 fully saturated rings. The predicted molar refractivity (Wildman–Crippen MR) is 18.5 cm³/mol. The fourth-order valence-electron chi connectivity index (χ4n) is 0.0478. The molecule has 4 nitrogen and oxygen atoms in total. The molecule has 0 aliphatic heterocycles. The first-order valence-electron chi connectivity index (χ1n) is 1.26. The van der Waals surface area contributed by atoms with E-state index >= 15 is 0 Å². The number of carboxylic acid groups (broad SMARTS) is 1. The molecule has 0 amide bonds. The molecule has 0 aromatic heterocycles. The Morgan fingerprint density at radius 2 is 2.29 bits per heavy atom. The molecule has 0 unspecified atom stereocenters. The first kappa shape index (κ1) is 9.89. The molecule has 0 spiro atoms. The van der Waals surface area contributed by atoms with Crippen molar-refractivity contribution in [1.82, 2.24) is 0 Å². The van der Waals surface area contributed by atoms with Crippen LogP contribution in [-0.2, 0) is 20.6 Å². The third kappa shape index (κ3) is 10.7. The average molecular weight is 147 g/mol. The second-order valence-electron chi connectivity index (χ2n) is 0.664. The van der Waals surface area contributed by atoms with Gasteiger partial charge in [0.1, 0.15) is 0 Å². The van der Waals surface area contributed by atoms with E-state index in [1.54, 1.807) is 0 Å². The number of carbonyl (C=O) groups is 1. The normalized spacial score (nSPS) is 6.43. The summed E-state index contributed by atoms with van der Waals surface area (Å²) in [5, 5.41) is 7.78. The van der Waals surface area contributed by atoms with E-state index in [2.05, 4.69) is 19.8 Å². The average Bonchev–Trinajstić information content (AvgIpc) is 1.35. The van der Waals surface area contributed by atoms with Crippen molar-refractivity contribution in [3.8, 4) is 0 Å². The summed E-state index contributed by atoms with van der Waals surface area (Å²) in [4.78, 5) is 9.47. The summed E-state index contributed by atoms with van der Waals surface area (Å²) < 4.78 is 3.09. The molecule has 0 bridgehead atoms. The Kier molecular flexibility index (Phi) is 8.12. The molecule has 0 aromatic carbocycles. The van der Waals surface area contributed by atoms with Crippen molar-refractivity contribution >= 4 is 5.97 Å². The Bertz CT molecular complexity index is 73.3. The maximum atomic E-state index is 9.47. The second kappa shape index (κ2) is 5.75. The molecule has 0 aliphatic rings. The molecule has 44 valence electrons. The molecule has 0 aliphatic carbocycles. The SMILES string of the molecule is O.O=C(O)C[N]=[Fe]. The zero-order valence-corrected chi connectivity index (χ0v) is 4.47. The summed E-state index contributed by atoms with van der Waals surface area (Å²) in [7, 11) is 0. The third-order valence-electron chi connectivity index (χ3n) is 0.191. The van der Waals surface area contributed by atoms with Crippen molar-refractivity contribution < 1.29 is 31.2 Å². The number of rotatable bonds is 2. The van der Waals surface area contributed by atoms with Crippen LogP contribution in [0, 0.1) is 0 Å². The van der Waals surface area contributed by atoms with Gasteiger partial charge in [-0.3, -0.25) is 0 Å². The van der Waals surface area contributed by atoms with Gasteiger partial charge in [0.05, 0.1) is 0 Å². The van der Waals surface area contributed by atoms with E-state index in [1.165, 1.54) is 0 Å². The van der Waals surface area contributed by atoms with Crippen LogP contribution in [0.2, 0.25) is 0 Å². The number of hydrogen-bond acceptors (Lipinski definition) is 2. The van der Waals surface area contributed by atoms with Crippen LogP contribution < -0.4 is 0 Å². The molecule has 0 saturated heterocycles. The molecule has 0 aromatic rings. The summed E-state index contributed by atoms with van der Waals surface area (Å²) >= 11 is 2.97. The van der Waals surface area contributed by atoms with Crippen LogP contribution in [0.5, 0.6) is 0 Å². The second-order valence-corrected chi connectivity index (χ2v) is 1.01. The van der Waals surface area contributed by atoms with E-state index in [1.807, 2.05) is 0 Å². The minimum atomic E-state index is -0.940. The summed E-state index contributed by atoms with van der Waals surface area (Å²) in [6.07, 6.45) is 0. The molecule has 7 heavy (non-hydrogen) atoms. The Labute approximate surface area is 48.5 Å². The molecule has 0 saturated carbocycles. The van der Waals surface area contributed by atoms with Crippen molar-refractivity contribution in [2.75, 3.05) is 6.54 Å². The first-order chi connectivity index (χ1) is 2.77. The zero-order chi connectivity index (χ0) is 4.99. The van der Waals surface area contributed by atoms with Crippen molar-refractivity contribution in [3.05, 3.63) is 0 Å². The standard InChI is InChI=1S/C2H3NO2.Fe.H2O/c3-1-2(4)5;;/h1H2,(H,4,5);;1H2. The minimum absolute atomic E-state index is 0. The molecular weight excluding hydrogens is 142 g/mol. The number of aliphatic carboxylic acids is 1. The fourth-order valence-corrected chi connectivity index (χ4v) is 0.197. The van der Waals surface area contributed by atoms with E-state index in [-0.39, 0.29) is 12.0 Å². The van der Waals surface area contributed by atoms with Crippen molar-refractivity contribution in [2.24, 2.45) is 3.96 Å². The van der Waals surface area contributed by atoms with E-state index < -0.39 is 5.97 Å². The molecule has 0 atom stereocenters. The van der Waals surface area contributed by atoms with Gasteiger partial charge in [0.2, 0.25) is 0 Å². The summed E-state index contributed by atoms with van der Waals surface area (Å²) in [6, 6.07) is 0. The number of hydrogen-bond donors (Lipinski definition) is 1. The van der Waals surface area contributed by atoms with Gasteiger partial charge in [-0.15, -0.1) is 0 Å². The van der Waals surface area contributed by atoms with Gasteiger partial charge >= 0.3 is 42.2 Å². The van der Waals surface area contributed by atoms with Gasteiger partial charge in [-0.1, -0.05) is 0 Å². The van der Waals surface area contributed by atoms with E-state index in [0.717, 1.165) is 0 Å². The summed E-state index contributed by atoms with van der Waals surface area (Å²) in [5.74, 6) is -0.940. The molecule has 0 heterocycles. The molecular formula is C2H5FeNO3. The first-order valence-corrected chi connectivity index (χ1v) is 1.75. The topological polar surface area (TPSA) is 81.2 Å². The summed E-state index contributed by atoms with van der Waals surface area (Å²) in [5.41, 5.74) is 0. The van der Waals surface area contributed by atoms with E-state index in [0.29, 0.717) is 0 Å². The van der Waals surface area contributed by atoms with Gasteiger partial charge in [0.25, 0.3) is 0 Å². The monoisotopic (exact) mass is 147 g/mol. The molecule has 3 N–H and O–H groups in total. The van der Waals surface area contributed by atoms with E-state index in [9.17, 15) is 4.79 Å². The van der Waals surface area contributed by atoms with Crippen molar-refractivity contribution in [2.45, 2.75) is 0 Å². The van der Waals surface area contributed by atoms with Gasteiger partial charge in [-0.25, -0.2) is 0 Å². The van der Waals surface area contributed by atoms with Crippen LogP contribution in [0.15, 0.2) is 3.96 Å². The van der Waals surface area contributed by atoms with Crippen LogP contribution in [0.3, 0.4) is 0 Å². The molecule has 5 heteroatoms. The summed E-state index contributed by atoms with van der Waals surface area (Å²) in [6.45, 7) is -0.194. The quantitative estimate of drug-likeness (QED) is 0.507. The van der Waals surface area contributed by atoms with Crippen molar-refractivity contribution in [1.29, 1.82) is 0 Å². The fraction of sp³-hybridized carbons (Fsp3) is 0.500. The van der Waals surface area contributed by atoms with Crippen LogP contribution in [-0.4, -0.2) is 23.1 Å². The van der Waals surface area contributed by atoms with Crippen LogP contribution in [0.25, 0.3) is 0 Å². The van der Waals surface area contributed by atoms with Gasteiger partial charge < -0.3 is 5.48 Å². The molecule has 0 rings (SSSR count). The van der Waals surface area contributed by atoms with Crippen LogP contribution in [0.1, 0.15) is 0 Å². The van der Waals surface area contributed by atoms with Gasteiger partial charge in [0.15, 0.2) is 0 Å². The number of nitrogens with zero attached hydrogens (tertiary/aromatic N) is 1. The van der Waals surface area contributed by atoms with E-state index in [4.69, 9.17) is 5.11 Å². The molecule has 0 radical (unpaired) electrons. The predicted octanol–water partition coefficient (Wildman–Crippen LogP) is -1.02. The Morgan fingerprint density at radius 1 is 1.86 bits per heavy atom. The van der Waals surface area contributed by atoms with Crippen molar-refractivity contribution in [3.63, 3.8) is 0 Å². The maximum absolute atomic E-state index is 9.47. The zero-order valence-electron chi connectivity index (χ0n) is 3.36. The third-order valence-corrected chi connectivity index (χ3v) is 0.366.